The Hall–Kier alpha value is -0.540. The zero-order valence-electron chi connectivity index (χ0n) is 9.32. The van der Waals surface area contributed by atoms with Gasteiger partial charge in [-0.25, -0.2) is 0 Å². The molecule has 2 unspecified atom stereocenters. The van der Waals surface area contributed by atoms with Crippen LogP contribution in [0.3, 0.4) is 0 Å². The van der Waals surface area contributed by atoms with Gasteiger partial charge >= 0.3 is 0 Å². The summed E-state index contributed by atoms with van der Waals surface area (Å²) >= 11 is 3.55. The number of fused-ring (bicyclic) bond motifs is 2. The largest absolute Gasteiger partial charge is 0.371 e. The lowest BCUT2D eigenvalue weighted by atomic mass is 9.85. The van der Waals surface area contributed by atoms with Gasteiger partial charge in [0.15, 0.2) is 0 Å². The molecule has 2 heterocycles. The number of benzene rings is 1. The highest BCUT2D eigenvalue weighted by molar-refractivity contribution is 9.10. The second kappa shape index (κ2) is 4.38. The molecule has 86 valence electrons. The van der Waals surface area contributed by atoms with E-state index >= 15 is 0 Å². The molecule has 1 N–H and O–H groups in total. The zero-order valence-corrected chi connectivity index (χ0v) is 10.9. The Kier molecular flexibility index (Phi) is 2.90. The van der Waals surface area contributed by atoms with Crippen LogP contribution >= 0.6 is 15.9 Å². The van der Waals surface area contributed by atoms with Crippen LogP contribution in [0.5, 0.6) is 0 Å². The minimum atomic E-state index is 0.839. The van der Waals surface area contributed by atoms with E-state index in [2.05, 4.69) is 50.4 Å². The van der Waals surface area contributed by atoms with Gasteiger partial charge in [-0.2, -0.15) is 0 Å². The molecule has 3 heteroatoms. The molecule has 0 spiro atoms. The summed E-state index contributed by atoms with van der Waals surface area (Å²) in [7, 11) is 0. The van der Waals surface area contributed by atoms with Crippen molar-refractivity contribution in [3.63, 3.8) is 0 Å². The molecule has 2 nitrogen and oxygen atoms in total. The third-order valence-corrected chi connectivity index (χ3v) is 4.16. The maximum atomic E-state index is 3.55. The second-order valence-corrected chi connectivity index (χ2v) is 5.93. The Morgan fingerprint density at radius 2 is 1.94 bits per heavy atom. The molecule has 0 amide bonds. The summed E-state index contributed by atoms with van der Waals surface area (Å²) < 4.78 is 1.18. The predicted molar refractivity (Wildman–Crippen MR) is 70.8 cm³/mol. The maximum absolute atomic E-state index is 3.55. The van der Waals surface area contributed by atoms with Crippen molar-refractivity contribution < 1.29 is 0 Å². The first-order chi connectivity index (χ1) is 7.81. The lowest BCUT2D eigenvalue weighted by molar-refractivity contribution is 0.250. The first kappa shape index (κ1) is 10.6. The molecule has 1 aromatic rings. The smallest absolute Gasteiger partial charge is 0.0377 e. The van der Waals surface area contributed by atoms with Crippen molar-refractivity contribution in [2.75, 3.05) is 31.1 Å². The van der Waals surface area contributed by atoms with Crippen LogP contribution < -0.4 is 10.2 Å². The van der Waals surface area contributed by atoms with Gasteiger partial charge in [-0.15, -0.1) is 0 Å². The van der Waals surface area contributed by atoms with E-state index in [0.29, 0.717) is 0 Å². The Bertz CT molecular complexity index is 368. The van der Waals surface area contributed by atoms with Crippen molar-refractivity contribution in [3.8, 4) is 0 Å². The number of nitrogens with zero attached hydrogens (tertiary/aromatic N) is 1. The minimum Gasteiger partial charge on any atom is -0.371 e. The Morgan fingerprint density at radius 1 is 1.19 bits per heavy atom. The van der Waals surface area contributed by atoms with Gasteiger partial charge in [0.1, 0.15) is 0 Å². The molecule has 2 aliphatic rings. The number of piperidine rings is 2. The van der Waals surface area contributed by atoms with Gasteiger partial charge < -0.3 is 10.2 Å². The predicted octanol–water partition coefficient (Wildman–Crippen LogP) is 2.49. The molecular weight excluding hydrogens is 264 g/mol. The Morgan fingerprint density at radius 3 is 2.62 bits per heavy atom. The van der Waals surface area contributed by atoms with Crippen molar-refractivity contribution in [3.05, 3.63) is 28.7 Å². The summed E-state index contributed by atoms with van der Waals surface area (Å²) in [5, 5.41) is 3.53. The Labute approximate surface area is 105 Å². The zero-order chi connectivity index (χ0) is 11.0. The third-order valence-electron chi connectivity index (χ3n) is 3.66. The fourth-order valence-electron chi connectivity index (χ4n) is 2.99. The number of hydrogen-bond donors (Lipinski definition) is 1. The number of hydrogen-bond acceptors (Lipinski definition) is 2. The molecule has 1 aromatic carbocycles. The molecule has 16 heavy (non-hydrogen) atoms. The average molecular weight is 281 g/mol. The van der Waals surface area contributed by atoms with Crippen molar-refractivity contribution in [1.82, 2.24) is 5.32 Å². The molecular formula is C13H17BrN2. The molecule has 3 rings (SSSR count). The molecule has 2 fully saturated rings. The highest BCUT2D eigenvalue weighted by Crippen LogP contribution is 2.29. The molecule has 0 radical (unpaired) electrons. The summed E-state index contributed by atoms with van der Waals surface area (Å²) in [5.74, 6) is 1.68. The van der Waals surface area contributed by atoms with E-state index < -0.39 is 0 Å². The Balaban J connectivity index is 1.80. The van der Waals surface area contributed by atoms with E-state index in [4.69, 9.17) is 0 Å². The third kappa shape index (κ3) is 2.11. The number of rotatable bonds is 1. The van der Waals surface area contributed by atoms with Crippen LogP contribution in [0.2, 0.25) is 0 Å². The molecule has 2 saturated heterocycles. The fraction of sp³-hybridized carbons (Fsp3) is 0.538. The molecule has 2 aliphatic heterocycles. The quantitative estimate of drug-likeness (QED) is 0.851. The van der Waals surface area contributed by atoms with Crippen molar-refractivity contribution in [1.29, 1.82) is 0 Å². The first-order valence-corrected chi connectivity index (χ1v) is 6.82. The van der Waals surface area contributed by atoms with E-state index in [1.54, 1.807) is 0 Å². The van der Waals surface area contributed by atoms with Gasteiger partial charge in [0.2, 0.25) is 0 Å². The number of anilines is 1. The van der Waals surface area contributed by atoms with E-state index in [-0.39, 0.29) is 0 Å². The molecule has 0 aromatic heterocycles. The molecule has 0 saturated carbocycles. The van der Waals surface area contributed by atoms with Gasteiger partial charge in [0.05, 0.1) is 0 Å². The van der Waals surface area contributed by atoms with Crippen molar-refractivity contribution in [2.24, 2.45) is 11.8 Å². The van der Waals surface area contributed by atoms with Crippen LogP contribution in [0.4, 0.5) is 5.69 Å². The fourth-order valence-corrected chi connectivity index (χ4v) is 3.38. The van der Waals surface area contributed by atoms with Gasteiger partial charge in [-0.05, 0) is 49.5 Å². The van der Waals surface area contributed by atoms with Crippen LogP contribution in [-0.2, 0) is 0 Å². The summed E-state index contributed by atoms with van der Waals surface area (Å²) in [6.45, 7) is 4.81. The van der Waals surface area contributed by atoms with Gasteiger partial charge in [0.25, 0.3) is 0 Å². The SMILES string of the molecule is Brc1cccc(N2CC3CNCC(C3)C2)c1. The summed E-state index contributed by atoms with van der Waals surface area (Å²) in [6, 6.07) is 8.67. The lowest BCUT2D eigenvalue weighted by Crippen LogP contribution is -2.51. The van der Waals surface area contributed by atoms with Crippen molar-refractivity contribution >= 4 is 21.6 Å². The summed E-state index contributed by atoms with van der Waals surface area (Å²) in [6.07, 6.45) is 1.41. The molecule has 0 aliphatic carbocycles. The van der Waals surface area contributed by atoms with Gasteiger partial charge in [-0.1, -0.05) is 22.0 Å². The lowest BCUT2D eigenvalue weighted by Gasteiger charge is -2.42. The normalized spacial score (nSPS) is 29.2. The van der Waals surface area contributed by atoms with E-state index in [1.165, 1.54) is 42.8 Å². The average Bonchev–Trinajstić information content (AvgIpc) is 2.28. The van der Waals surface area contributed by atoms with Crippen LogP contribution in [0, 0.1) is 11.8 Å². The monoisotopic (exact) mass is 280 g/mol. The topological polar surface area (TPSA) is 15.3 Å². The van der Waals surface area contributed by atoms with E-state index in [1.807, 2.05) is 0 Å². The van der Waals surface area contributed by atoms with E-state index in [9.17, 15) is 0 Å². The van der Waals surface area contributed by atoms with Crippen molar-refractivity contribution in [2.45, 2.75) is 6.42 Å². The molecule has 2 atom stereocenters. The van der Waals surface area contributed by atoms with Gasteiger partial charge in [-0.3, -0.25) is 0 Å². The van der Waals surface area contributed by atoms with Crippen LogP contribution in [0.15, 0.2) is 28.7 Å². The number of nitrogens with one attached hydrogen (secondary N) is 1. The highest BCUT2D eigenvalue weighted by atomic mass is 79.9. The van der Waals surface area contributed by atoms with Crippen LogP contribution in [0.25, 0.3) is 0 Å². The minimum absolute atomic E-state index is 0.839. The van der Waals surface area contributed by atoms with E-state index in [0.717, 1.165) is 11.8 Å². The van der Waals surface area contributed by atoms with Crippen LogP contribution in [0.1, 0.15) is 6.42 Å². The molecule has 2 bridgehead atoms. The van der Waals surface area contributed by atoms with Crippen LogP contribution in [-0.4, -0.2) is 26.2 Å². The van der Waals surface area contributed by atoms with Gasteiger partial charge in [0, 0.05) is 23.2 Å². The highest BCUT2D eigenvalue weighted by Gasteiger charge is 2.30. The second-order valence-electron chi connectivity index (χ2n) is 5.01. The first-order valence-electron chi connectivity index (χ1n) is 6.02. The standard InChI is InChI=1S/C13H17BrN2/c14-12-2-1-3-13(5-12)16-8-10-4-11(9-16)7-15-6-10/h1-3,5,10-11,15H,4,6-9H2. The summed E-state index contributed by atoms with van der Waals surface area (Å²) in [5.41, 5.74) is 1.37. The number of halogens is 1. The summed E-state index contributed by atoms with van der Waals surface area (Å²) in [4.78, 5) is 2.55. The maximum Gasteiger partial charge on any atom is 0.0377 e.